The van der Waals surface area contributed by atoms with Crippen molar-refractivity contribution < 1.29 is 19.1 Å². The highest BCUT2D eigenvalue weighted by molar-refractivity contribution is 6.16. The Morgan fingerprint density at radius 1 is 0.857 bits per heavy atom. The second kappa shape index (κ2) is 7.19. The van der Waals surface area contributed by atoms with Crippen molar-refractivity contribution in [3.05, 3.63) is 48.0 Å². The molecule has 0 unspecified atom stereocenters. The Kier molecular flexibility index (Phi) is 4.71. The molecule has 0 aromatic heterocycles. The van der Waals surface area contributed by atoms with E-state index in [1.807, 2.05) is 24.3 Å². The summed E-state index contributed by atoms with van der Waals surface area (Å²) in [6.45, 7) is 5.23. The molecule has 1 aliphatic carbocycles. The average Bonchev–Trinajstić information content (AvgIpc) is 3.50. The third-order valence-corrected chi connectivity index (χ3v) is 5.25. The molecule has 1 saturated carbocycles. The molecule has 1 fully saturated rings. The van der Waals surface area contributed by atoms with Gasteiger partial charge in [-0.2, -0.15) is 0 Å². The van der Waals surface area contributed by atoms with Gasteiger partial charge in [0.15, 0.2) is 11.5 Å². The van der Waals surface area contributed by atoms with Crippen molar-refractivity contribution in [2.75, 3.05) is 23.8 Å². The summed E-state index contributed by atoms with van der Waals surface area (Å²) in [5, 5.41) is 5.73. The summed E-state index contributed by atoms with van der Waals surface area (Å²) in [5.74, 6) is 1.13. The Bertz CT molecular complexity index is 901. The van der Waals surface area contributed by atoms with E-state index in [1.165, 1.54) is 5.56 Å². The maximum Gasteiger partial charge on any atom is 0.240 e. The molecule has 0 radical (unpaired) electrons. The number of ether oxygens (including phenoxy) is 2. The van der Waals surface area contributed by atoms with Crippen molar-refractivity contribution in [2.24, 2.45) is 5.41 Å². The molecule has 4 rings (SSSR count). The minimum absolute atomic E-state index is 0.264. The van der Waals surface area contributed by atoms with Gasteiger partial charge in [-0.25, -0.2) is 0 Å². The van der Waals surface area contributed by atoms with Crippen LogP contribution in [0.1, 0.15) is 38.2 Å². The standard InChI is InChI=1S/C22H24N2O4/c1-14(2)15-3-5-16(6-4-15)23-20(25)22(9-10-22)21(26)24-17-7-8-18-19(13-17)28-12-11-27-18/h3-8,13-14H,9-12H2,1-2H3,(H,23,25)(H,24,26). The zero-order chi connectivity index (χ0) is 19.7. The van der Waals surface area contributed by atoms with E-state index in [0.29, 0.717) is 54.8 Å². The van der Waals surface area contributed by atoms with Gasteiger partial charge >= 0.3 is 0 Å². The number of hydrogen-bond acceptors (Lipinski definition) is 4. The van der Waals surface area contributed by atoms with Crippen molar-refractivity contribution in [1.29, 1.82) is 0 Å². The molecule has 0 spiro atoms. The van der Waals surface area contributed by atoms with Gasteiger partial charge in [-0.3, -0.25) is 9.59 Å². The van der Waals surface area contributed by atoms with Crippen LogP contribution in [-0.4, -0.2) is 25.0 Å². The fourth-order valence-electron chi connectivity index (χ4n) is 3.26. The predicted octanol–water partition coefficient (Wildman–Crippen LogP) is 3.94. The van der Waals surface area contributed by atoms with E-state index in [4.69, 9.17) is 9.47 Å². The summed E-state index contributed by atoms with van der Waals surface area (Å²) >= 11 is 0. The quantitative estimate of drug-likeness (QED) is 0.771. The lowest BCUT2D eigenvalue weighted by Crippen LogP contribution is -2.35. The van der Waals surface area contributed by atoms with Gasteiger partial charge in [0.2, 0.25) is 11.8 Å². The highest BCUT2D eigenvalue weighted by atomic mass is 16.6. The first-order valence-corrected chi connectivity index (χ1v) is 9.60. The zero-order valence-electron chi connectivity index (χ0n) is 16.1. The molecule has 2 aliphatic rings. The van der Waals surface area contributed by atoms with Gasteiger partial charge in [-0.1, -0.05) is 26.0 Å². The fraction of sp³-hybridized carbons (Fsp3) is 0.364. The Labute approximate surface area is 164 Å². The van der Waals surface area contributed by atoms with Crippen LogP contribution < -0.4 is 20.1 Å². The van der Waals surface area contributed by atoms with Crippen molar-refractivity contribution >= 4 is 23.2 Å². The van der Waals surface area contributed by atoms with Gasteiger partial charge in [-0.15, -0.1) is 0 Å². The molecule has 0 saturated heterocycles. The number of carbonyl (C=O) groups is 2. The summed E-state index contributed by atoms with van der Waals surface area (Å²) in [4.78, 5) is 25.6. The van der Waals surface area contributed by atoms with Crippen LogP contribution in [0.25, 0.3) is 0 Å². The minimum Gasteiger partial charge on any atom is -0.486 e. The molecule has 28 heavy (non-hydrogen) atoms. The van der Waals surface area contributed by atoms with Gasteiger partial charge < -0.3 is 20.1 Å². The molecular weight excluding hydrogens is 356 g/mol. The number of rotatable bonds is 5. The second-order valence-electron chi connectivity index (χ2n) is 7.63. The maximum atomic E-state index is 12.8. The van der Waals surface area contributed by atoms with E-state index in [-0.39, 0.29) is 11.8 Å². The lowest BCUT2D eigenvalue weighted by molar-refractivity contribution is -0.131. The fourth-order valence-corrected chi connectivity index (χ4v) is 3.26. The molecule has 2 N–H and O–H groups in total. The van der Waals surface area contributed by atoms with Crippen molar-refractivity contribution in [3.8, 4) is 11.5 Å². The molecule has 1 heterocycles. The molecule has 2 amide bonds. The van der Waals surface area contributed by atoms with Crippen LogP contribution in [0.2, 0.25) is 0 Å². The van der Waals surface area contributed by atoms with Crippen LogP contribution in [0.5, 0.6) is 11.5 Å². The second-order valence-corrected chi connectivity index (χ2v) is 7.63. The topological polar surface area (TPSA) is 76.7 Å². The van der Waals surface area contributed by atoms with E-state index in [0.717, 1.165) is 0 Å². The van der Waals surface area contributed by atoms with Crippen LogP contribution >= 0.6 is 0 Å². The first-order chi connectivity index (χ1) is 13.5. The number of nitrogens with one attached hydrogen (secondary N) is 2. The Morgan fingerprint density at radius 3 is 2.04 bits per heavy atom. The predicted molar refractivity (Wildman–Crippen MR) is 107 cm³/mol. The van der Waals surface area contributed by atoms with Crippen LogP contribution in [0.15, 0.2) is 42.5 Å². The van der Waals surface area contributed by atoms with Gasteiger partial charge in [-0.05, 0) is 48.6 Å². The van der Waals surface area contributed by atoms with Crippen LogP contribution in [0.3, 0.4) is 0 Å². The lowest BCUT2D eigenvalue weighted by atomic mass is 10.0. The van der Waals surface area contributed by atoms with Gasteiger partial charge in [0.25, 0.3) is 0 Å². The van der Waals surface area contributed by atoms with Crippen molar-refractivity contribution in [3.63, 3.8) is 0 Å². The molecule has 6 nitrogen and oxygen atoms in total. The van der Waals surface area contributed by atoms with E-state index >= 15 is 0 Å². The molecule has 2 aromatic carbocycles. The summed E-state index contributed by atoms with van der Waals surface area (Å²) in [7, 11) is 0. The number of anilines is 2. The molecular formula is C22H24N2O4. The normalized spacial score (nSPS) is 16.4. The molecule has 2 aromatic rings. The monoisotopic (exact) mass is 380 g/mol. The maximum absolute atomic E-state index is 12.8. The van der Waals surface area contributed by atoms with E-state index in [1.54, 1.807) is 18.2 Å². The first kappa shape index (κ1) is 18.3. The highest BCUT2D eigenvalue weighted by Crippen LogP contribution is 2.47. The number of amides is 2. The average molecular weight is 380 g/mol. The molecule has 0 bridgehead atoms. The largest absolute Gasteiger partial charge is 0.486 e. The van der Waals surface area contributed by atoms with Crippen molar-refractivity contribution in [2.45, 2.75) is 32.6 Å². The summed E-state index contributed by atoms with van der Waals surface area (Å²) in [6, 6.07) is 13.0. The number of carbonyl (C=O) groups excluding carboxylic acids is 2. The molecule has 146 valence electrons. The summed E-state index contributed by atoms with van der Waals surface area (Å²) in [5.41, 5.74) is 1.49. The van der Waals surface area contributed by atoms with E-state index in [2.05, 4.69) is 24.5 Å². The summed E-state index contributed by atoms with van der Waals surface area (Å²) < 4.78 is 11.0. The SMILES string of the molecule is CC(C)c1ccc(NC(=O)C2(C(=O)Nc3ccc4c(c3)OCCO4)CC2)cc1. The number of fused-ring (bicyclic) bond motifs is 1. The van der Waals surface area contributed by atoms with Gasteiger partial charge in [0.1, 0.15) is 18.6 Å². The van der Waals surface area contributed by atoms with Crippen LogP contribution in [-0.2, 0) is 9.59 Å². The first-order valence-electron chi connectivity index (χ1n) is 9.60. The van der Waals surface area contributed by atoms with E-state index < -0.39 is 5.41 Å². The smallest absolute Gasteiger partial charge is 0.240 e. The summed E-state index contributed by atoms with van der Waals surface area (Å²) in [6.07, 6.45) is 1.08. The zero-order valence-corrected chi connectivity index (χ0v) is 16.1. The number of benzene rings is 2. The molecule has 0 atom stereocenters. The number of hydrogen-bond donors (Lipinski definition) is 2. The molecule has 6 heteroatoms. The van der Waals surface area contributed by atoms with Crippen LogP contribution in [0.4, 0.5) is 11.4 Å². The minimum atomic E-state index is -1.01. The Hall–Kier alpha value is -3.02. The Balaban J connectivity index is 1.43. The highest BCUT2D eigenvalue weighted by Gasteiger charge is 2.56. The third kappa shape index (κ3) is 3.54. The Morgan fingerprint density at radius 2 is 1.43 bits per heavy atom. The van der Waals surface area contributed by atoms with Crippen molar-refractivity contribution in [1.82, 2.24) is 0 Å². The van der Waals surface area contributed by atoms with E-state index in [9.17, 15) is 9.59 Å². The van der Waals surface area contributed by atoms with Gasteiger partial charge in [0.05, 0.1) is 0 Å². The van der Waals surface area contributed by atoms with Crippen LogP contribution in [0, 0.1) is 5.41 Å². The van der Waals surface area contributed by atoms with Gasteiger partial charge in [0, 0.05) is 17.4 Å². The lowest BCUT2D eigenvalue weighted by Gasteiger charge is -2.20. The third-order valence-electron chi connectivity index (χ3n) is 5.25. The molecule has 1 aliphatic heterocycles.